The van der Waals surface area contributed by atoms with Gasteiger partial charge in [-0.05, 0) is 122 Å². The Hall–Kier alpha value is -4.36. The lowest BCUT2D eigenvalue weighted by molar-refractivity contribution is 0.0696. The number of amides is 1. The van der Waals surface area contributed by atoms with Crippen LogP contribution in [0.25, 0.3) is 11.3 Å². The Kier molecular flexibility index (Phi) is 11.9. The SMILES string of the molecule is CCC(C)=C(c1ccc(OCc2cc(C(=O)N(C)C)ccc2C2=CC=C(Cl)CC2C)cc1F)N(c1ccc(C(=O)O)cc1C)C1CCCCC1. The molecule has 5 rings (SSSR count). The first kappa shape index (κ1) is 36.9. The molecule has 1 atom stereocenters. The van der Waals surface area contributed by atoms with Gasteiger partial charge in [0.1, 0.15) is 18.2 Å². The number of halogens is 2. The van der Waals surface area contributed by atoms with Gasteiger partial charge in [-0.25, -0.2) is 9.18 Å². The van der Waals surface area contributed by atoms with Crippen molar-refractivity contribution in [3.8, 4) is 5.75 Å². The number of allylic oxidation sites excluding steroid dienone is 5. The van der Waals surface area contributed by atoms with Crippen LogP contribution in [0.2, 0.25) is 0 Å². The number of rotatable bonds is 11. The average Bonchev–Trinajstić information content (AvgIpc) is 3.10. The van der Waals surface area contributed by atoms with Crippen LogP contribution in [0, 0.1) is 18.7 Å². The molecule has 0 spiro atoms. The normalized spacial score (nSPS) is 17.0. The number of carbonyl (C=O) groups is 2. The fourth-order valence-corrected chi connectivity index (χ4v) is 7.42. The third-order valence-electron chi connectivity index (χ3n) is 9.95. The van der Waals surface area contributed by atoms with Crippen LogP contribution in [0.5, 0.6) is 5.75 Å². The minimum absolute atomic E-state index is 0.109. The molecule has 50 heavy (non-hydrogen) atoms. The number of carboxylic acid groups (broad SMARTS) is 1. The fraction of sp³-hybridized carbons (Fsp3) is 0.381. The van der Waals surface area contributed by atoms with E-state index in [2.05, 4.69) is 18.7 Å². The van der Waals surface area contributed by atoms with Gasteiger partial charge in [0.15, 0.2) is 0 Å². The molecule has 1 fully saturated rings. The van der Waals surface area contributed by atoms with Gasteiger partial charge in [0.25, 0.3) is 5.91 Å². The predicted octanol–water partition coefficient (Wildman–Crippen LogP) is 10.6. The number of hydrogen-bond donors (Lipinski definition) is 1. The van der Waals surface area contributed by atoms with Crippen molar-refractivity contribution in [1.29, 1.82) is 0 Å². The summed E-state index contributed by atoms with van der Waals surface area (Å²) in [7, 11) is 3.44. The maximum Gasteiger partial charge on any atom is 0.335 e. The first-order valence-electron chi connectivity index (χ1n) is 17.6. The zero-order chi connectivity index (χ0) is 36.1. The number of anilines is 1. The number of aromatic carboxylic acids is 1. The molecule has 264 valence electrons. The Morgan fingerprint density at radius 3 is 2.32 bits per heavy atom. The van der Waals surface area contributed by atoms with Crippen molar-refractivity contribution < 1.29 is 23.8 Å². The van der Waals surface area contributed by atoms with E-state index in [1.165, 1.54) is 12.5 Å². The van der Waals surface area contributed by atoms with E-state index in [1.54, 1.807) is 43.3 Å². The van der Waals surface area contributed by atoms with Gasteiger partial charge in [0.05, 0.1) is 11.3 Å². The third-order valence-corrected chi connectivity index (χ3v) is 10.2. The second kappa shape index (κ2) is 16.1. The van der Waals surface area contributed by atoms with Gasteiger partial charge in [-0.2, -0.15) is 0 Å². The summed E-state index contributed by atoms with van der Waals surface area (Å²) in [5, 5.41) is 10.4. The van der Waals surface area contributed by atoms with E-state index in [0.29, 0.717) is 16.9 Å². The van der Waals surface area contributed by atoms with E-state index in [-0.39, 0.29) is 30.0 Å². The highest BCUT2D eigenvalue weighted by molar-refractivity contribution is 6.30. The Morgan fingerprint density at radius 1 is 0.980 bits per heavy atom. The Balaban J connectivity index is 1.51. The van der Waals surface area contributed by atoms with Crippen LogP contribution in [0.4, 0.5) is 10.1 Å². The second-order valence-electron chi connectivity index (χ2n) is 13.8. The van der Waals surface area contributed by atoms with Crippen LogP contribution in [-0.4, -0.2) is 42.0 Å². The number of carbonyl (C=O) groups excluding carboxylic acids is 1. The van der Waals surface area contributed by atoms with Crippen LogP contribution in [-0.2, 0) is 6.61 Å². The maximum atomic E-state index is 16.5. The van der Waals surface area contributed by atoms with Gasteiger partial charge < -0.3 is 19.6 Å². The number of nitrogens with zero attached hydrogens (tertiary/aromatic N) is 2. The van der Waals surface area contributed by atoms with Gasteiger partial charge >= 0.3 is 5.97 Å². The number of hydrogen-bond acceptors (Lipinski definition) is 4. The zero-order valence-electron chi connectivity index (χ0n) is 30.0. The number of benzene rings is 3. The highest BCUT2D eigenvalue weighted by Crippen LogP contribution is 2.40. The minimum Gasteiger partial charge on any atom is -0.489 e. The molecular formula is C42H48ClFN2O4. The molecular weight excluding hydrogens is 651 g/mol. The molecule has 8 heteroatoms. The molecule has 1 amide bonds. The van der Waals surface area contributed by atoms with Gasteiger partial charge in [-0.15, -0.1) is 0 Å². The van der Waals surface area contributed by atoms with Crippen molar-refractivity contribution >= 4 is 40.4 Å². The van der Waals surface area contributed by atoms with E-state index >= 15 is 4.39 Å². The first-order valence-corrected chi connectivity index (χ1v) is 17.9. The van der Waals surface area contributed by atoms with Crippen molar-refractivity contribution in [3.63, 3.8) is 0 Å². The molecule has 3 aromatic carbocycles. The summed E-state index contributed by atoms with van der Waals surface area (Å²) in [4.78, 5) is 28.4. The maximum absolute atomic E-state index is 16.5. The Morgan fingerprint density at radius 2 is 1.70 bits per heavy atom. The summed E-state index contributed by atoms with van der Waals surface area (Å²) >= 11 is 6.33. The predicted molar refractivity (Wildman–Crippen MR) is 201 cm³/mol. The molecule has 0 bridgehead atoms. The van der Waals surface area contributed by atoms with Gasteiger partial charge in [0.2, 0.25) is 0 Å². The molecule has 0 aromatic heterocycles. The molecule has 6 nitrogen and oxygen atoms in total. The molecule has 2 aliphatic carbocycles. The molecule has 1 unspecified atom stereocenters. The zero-order valence-corrected chi connectivity index (χ0v) is 30.7. The summed E-state index contributed by atoms with van der Waals surface area (Å²) in [6, 6.07) is 16.1. The van der Waals surface area contributed by atoms with Gasteiger partial charge in [-0.3, -0.25) is 4.79 Å². The highest BCUT2D eigenvalue weighted by Gasteiger charge is 2.29. The average molecular weight is 699 g/mol. The van der Waals surface area contributed by atoms with Gasteiger partial charge in [-0.1, -0.05) is 56.9 Å². The standard InChI is InChI=1S/C42H48ClFN2O4/c1-7-26(2)40(46(33-11-9-8-10-12-33)39-20-14-30(42(48)49)21-28(39)4)37-19-16-34(24-38(37)44)50-25-31-23-29(41(47)45(5)6)13-17-36(31)35-18-15-32(43)22-27(35)3/h13-21,23-24,27,33H,7-12,22,25H2,1-6H3,(H,48,49). The summed E-state index contributed by atoms with van der Waals surface area (Å²) in [5.74, 6) is -0.912. The smallest absolute Gasteiger partial charge is 0.335 e. The summed E-state index contributed by atoms with van der Waals surface area (Å²) in [6.45, 7) is 8.31. The fourth-order valence-electron chi connectivity index (χ4n) is 7.13. The Bertz CT molecular complexity index is 1850. The summed E-state index contributed by atoms with van der Waals surface area (Å²) < 4.78 is 22.7. The lowest BCUT2D eigenvalue weighted by Gasteiger charge is -2.40. The van der Waals surface area contributed by atoms with E-state index in [0.717, 1.165) is 82.8 Å². The molecule has 2 aliphatic rings. The van der Waals surface area contributed by atoms with Crippen molar-refractivity contribution in [1.82, 2.24) is 4.90 Å². The Labute approximate surface area is 300 Å². The minimum atomic E-state index is -0.972. The molecule has 1 N–H and O–H groups in total. The summed E-state index contributed by atoms with van der Waals surface area (Å²) in [5.41, 5.74) is 7.77. The largest absolute Gasteiger partial charge is 0.489 e. The molecule has 0 saturated heterocycles. The first-order chi connectivity index (χ1) is 23.9. The second-order valence-corrected chi connectivity index (χ2v) is 14.3. The molecule has 1 saturated carbocycles. The van der Waals surface area contributed by atoms with Crippen molar-refractivity contribution in [2.45, 2.75) is 85.3 Å². The van der Waals surface area contributed by atoms with Crippen LogP contribution in [0.3, 0.4) is 0 Å². The third kappa shape index (κ3) is 8.15. The quantitative estimate of drug-likeness (QED) is 0.216. The molecule has 0 aliphatic heterocycles. The van der Waals surface area contributed by atoms with E-state index in [9.17, 15) is 14.7 Å². The number of carboxylic acids is 1. The number of ether oxygens (including phenoxy) is 1. The topological polar surface area (TPSA) is 70.1 Å². The van der Waals surface area contributed by atoms with Crippen LogP contribution in [0.15, 0.2) is 77.4 Å². The summed E-state index contributed by atoms with van der Waals surface area (Å²) in [6.07, 6.45) is 10.7. The lowest BCUT2D eigenvalue weighted by atomic mass is 9.85. The molecule has 0 heterocycles. The molecule has 3 aromatic rings. The number of aryl methyl sites for hydroxylation is 1. The van der Waals surface area contributed by atoms with E-state index in [4.69, 9.17) is 16.3 Å². The van der Waals surface area contributed by atoms with Crippen molar-refractivity contribution in [2.24, 2.45) is 5.92 Å². The monoisotopic (exact) mass is 698 g/mol. The van der Waals surface area contributed by atoms with Crippen molar-refractivity contribution in [3.05, 3.63) is 117 Å². The van der Waals surface area contributed by atoms with E-state index in [1.807, 2.05) is 50.3 Å². The van der Waals surface area contributed by atoms with Crippen LogP contribution < -0.4 is 9.64 Å². The van der Waals surface area contributed by atoms with Crippen LogP contribution >= 0.6 is 11.6 Å². The molecule has 0 radical (unpaired) electrons. The van der Waals surface area contributed by atoms with E-state index < -0.39 is 11.8 Å². The van der Waals surface area contributed by atoms with Crippen LogP contribution in [0.1, 0.15) is 109 Å². The highest BCUT2D eigenvalue weighted by atomic mass is 35.5. The van der Waals surface area contributed by atoms with Gasteiger partial charge in [0, 0.05) is 48.1 Å². The lowest BCUT2D eigenvalue weighted by Crippen LogP contribution is -2.37. The van der Waals surface area contributed by atoms with Crippen molar-refractivity contribution in [2.75, 3.05) is 19.0 Å².